The SMILES string of the molecule is CC(=O)SCC(C)(CS)C(=O)O. The first-order valence-corrected chi connectivity index (χ1v) is 5.02. The number of carbonyl (C=O) groups is 2. The van der Waals surface area contributed by atoms with Gasteiger partial charge in [0, 0.05) is 18.4 Å². The lowest BCUT2D eigenvalue weighted by molar-refractivity contribution is -0.145. The highest BCUT2D eigenvalue weighted by Crippen LogP contribution is 2.24. The lowest BCUT2D eigenvalue weighted by Gasteiger charge is -2.20. The molecule has 0 bridgehead atoms. The fourth-order valence-electron chi connectivity index (χ4n) is 0.436. The summed E-state index contributed by atoms with van der Waals surface area (Å²) in [5.74, 6) is -0.393. The van der Waals surface area contributed by atoms with Gasteiger partial charge in [0.1, 0.15) is 0 Å². The van der Waals surface area contributed by atoms with E-state index in [1.807, 2.05) is 0 Å². The molecule has 1 N–H and O–H groups in total. The highest BCUT2D eigenvalue weighted by molar-refractivity contribution is 8.13. The summed E-state index contributed by atoms with van der Waals surface area (Å²) in [7, 11) is 0. The molecule has 0 aromatic rings. The Morgan fingerprint density at radius 1 is 1.58 bits per heavy atom. The van der Waals surface area contributed by atoms with Crippen LogP contribution < -0.4 is 0 Å². The Kier molecular flexibility index (Phi) is 4.70. The van der Waals surface area contributed by atoms with E-state index in [4.69, 9.17) is 5.11 Å². The van der Waals surface area contributed by atoms with Crippen LogP contribution >= 0.6 is 24.4 Å². The van der Waals surface area contributed by atoms with E-state index in [1.165, 1.54) is 6.92 Å². The Labute approximate surface area is 81.3 Å². The molecule has 0 saturated carbocycles. The molecule has 0 radical (unpaired) electrons. The standard InChI is InChI=1S/C7H12O3S2/c1-5(8)12-4-7(2,3-11)6(9)10/h11H,3-4H2,1-2H3,(H,9,10). The normalized spacial score (nSPS) is 15.2. The second-order valence-corrected chi connectivity index (χ2v) is 4.27. The zero-order chi connectivity index (χ0) is 9.78. The maximum Gasteiger partial charge on any atom is 0.311 e. The van der Waals surface area contributed by atoms with Gasteiger partial charge in [-0.05, 0) is 6.92 Å². The number of carboxylic acids is 1. The van der Waals surface area contributed by atoms with Crippen molar-refractivity contribution >= 4 is 35.5 Å². The van der Waals surface area contributed by atoms with E-state index < -0.39 is 11.4 Å². The van der Waals surface area contributed by atoms with Crippen LogP contribution in [-0.2, 0) is 9.59 Å². The van der Waals surface area contributed by atoms with Crippen LogP contribution in [0.15, 0.2) is 0 Å². The van der Waals surface area contributed by atoms with E-state index in [9.17, 15) is 9.59 Å². The van der Waals surface area contributed by atoms with E-state index in [2.05, 4.69) is 12.6 Å². The van der Waals surface area contributed by atoms with Gasteiger partial charge >= 0.3 is 5.97 Å². The lowest BCUT2D eigenvalue weighted by atomic mass is 9.97. The molecule has 0 amide bonds. The van der Waals surface area contributed by atoms with Gasteiger partial charge in [-0.25, -0.2) is 0 Å². The number of carbonyl (C=O) groups excluding carboxylic acids is 1. The van der Waals surface area contributed by atoms with Gasteiger partial charge in [0.25, 0.3) is 0 Å². The van der Waals surface area contributed by atoms with Crippen molar-refractivity contribution in [1.82, 2.24) is 0 Å². The van der Waals surface area contributed by atoms with Crippen LogP contribution in [-0.4, -0.2) is 27.7 Å². The maximum absolute atomic E-state index is 10.7. The molecule has 0 aromatic carbocycles. The minimum Gasteiger partial charge on any atom is -0.481 e. The van der Waals surface area contributed by atoms with Crippen LogP contribution in [0.25, 0.3) is 0 Å². The fraction of sp³-hybridized carbons (Fsp3) is 0.714. The van der Waals surface area contributed by atoms with Gasteiger partial charge < -0.3 is 5.11 Å². The maximum atomic E-state index is 10.7. The Bertz CT molecular complexity index is 193. The van der Waals surface area contributed by atoms with Gasteiger partial charge in [0.05, 0.1) is 5.41 Å². The number of thiol groups is 1. The Hall–Kier alpha value is -0.160. The molecule has 0 aromatic heterocycles. The molecule has 0 heterocycles. The summed E-state index contributed by atoms with van der Waals surface area (Å²) >= 11 is 4.96. The highest BCUT2D eigenvalue weighted by atomic mass is 32.2. The average molecular weight is 208 g/mol. The van der Waals surface area contributed by atoms with E-state index in [1.54, 1.807) is 6.92 Å². The summed E-state index contributed by atoms with van der Waals surface area (Å²) < 4.78 is 0. The van der Waals surface area contributed by atoms with Crippen molar-refractivity contribution in [2.45, 2.75) is 13.8 Å². The minimum atomic E-state index is -0.911. The average Bonchev–Trinajstić information content (AvgIpc) is 1.99. The second-order valence-electron chi connectivity index (χ2n) is 2.80. The molecular weight excluding hydrogens is 196 g/mol. The lowest BCUT2D eigenvalue weighted by Crippen LogP contribution is -2.32. The number of hydrogen-bond donors (Lipinski definition) is 2. The van der Waals surface area contributed by atoms with Gasteiger partial charge in [-0.3, -0.25) is 9.59 Å². The van der Waals surface area contributed by atoms with Crippen molar-refractivity contribution in [1.29, 1.82) is 0 Å². The fourth-order valence-corrected chi connectivity index (χ4v) is 1.58. The number of carboxylic acid groups (broad SMARTS) is 1. The van der Waals surface area contributed by atoms with Gasteiger partial charge in [-0.15, -0.1) is 0 Å². The molecule has 5 heteroatoms. The molecular formula is C7H12O3S2. The molecule has 1 unspecified atom stereocenters. The summed E-state index contributed by atoms with van der Waals surface area (Å²) in [6, 6.07) is 0. The van der Waals surface area contributed by atoms with Crippen LogP contribution in [0.5, 0.6) is 0 Å². The van der Waals surface area contributed by atoms with Gasteiger partial charge in [0.15, 0.2) is 5.12 Å². The molecule has 0 aliphatic carbocycles. The van der Waals surface area contributed by atoms with Crippen molar-refractivity contribution in [2.24, 2.45) is 5.41 Å². The summed E-state index contributed by atoms with van der Waals surface area (Å²) in [5, 5.41) is 8.71. The molecule has 70 valence electrons. The third-order valence-electron chi connectivity index (χ3n) is 1.46. The van der Waals surface area contributed by atoms with Gasteiger partial charge in [0.2, 0.25) is 0 Å². The van der Waals surface area contributed by atoms with Gasteiger partial charge in [-0.2, -0.15) is 12.6 Å². The summed E-state index contributed by atoms with van der Waals surface area (Å²) in [6.07, 6.45) is 0. The number of aliphatic carboxylic acids is 1. The second kappa shape index (κ2) is 4.77. The zero-order valence-corrected chi connectivity index (χ0v) is 8.74. The quantitative estimate of drug-likeness (QED) is 0.683. The first-order valence-electron chi connectivity index (χ1n) is 3.40. The Morgan fingerprint density at radius 3 is 2.33 bits per heavy atom. The monoisotopic (exact) mass is 208 g/mol. The first-order chi connectivity index (χ1) is 5.42. The van der Waals surface area contributed by atoms with E-state index in [0.717, 1.165) is 11.8 Å². The number of hydrogen-bond acceptors (Lipinski definition) is 4. The molecule has 0 rings (SSSR count). The first kappa shape index (κ1) is 11.8. The van der Waals surface area contributed by atoms with E-state index in [0.29, 0.717) is 0 Å². The third kappa shape index (κ3) is 3.49. The van der Waals surface area contributed by atoms with Crippen LogP contribution in [0, 0.1) is 5.41 Å². The minimum absolute atomic E-state index is 0.0655. The smallest absolute Gasteiger partial charge is 0.311 e. The molecule has 0 aliphatic rings. The molecule has 0 fully saturated rings. The van der Waals surface area contributed by atoms with Crippen LogP contribution in [0.4, 0.5) is 0 Å². The number of thioether (sulfide) groups is 1. The zero-order valence-electron chi connectivity index (χ0n) is 7.03. The van der Waals surface area contributed by atoms with Crippen molar-refractivity contribution in [3.63, 3.8) is 0 Å². The predicted octanol–water partition coefficient (Wildman–Crippen LogP) is 1.29. The third-order valence-corrected chi connectivity index (χ3v) is 3.35. The predicted molar refractivity (Wildman–Crippen MR) is 52.7 cm³/mol. The molecule has 0 saturated heterocycles. The highest BCUT2D eigenvalue weighted by Gasteiger charge is 2.31. The molecule has 3 nitrogen and oxygen atoms in total. The van der Waals surface area contributed by atoms with Crippen molar-refractivity contribution in [2.75, 3.05) is 11.5 Å². The Balaban J connectivity index is 4.15. The van der Waals surface area contributed by atoms with Crippen molar-refractivity contribution in [3.8, 4) is 0 Å². The van der Waals surface area contributed by atoms with Gasteiger partial charge in [-0.1, -0.05) is 11.8 Å². The van der Waals surface area contributed by atoms with Crippen LogP contribution in [0.2, 0.25) is 0 Å². The molecule has 0 spiro atoms. The summed E-state index contributed by atoms with van der Waals surface area (Å²) in [4.78, 5) is 21.3. The van der Waals surface area contributed by atoms with Crippen molar-refractivity contribution in [3.05, 3.63) is 0 Å². The molecule has 0 aliphatic heterocycles. The largest absolute Gasteiger partial charge is 0.481 e. The number of rotatable bonds is 4. The van der Waals surface area contributed by atoms with Crippen LogP contribution in [0.1, 0.15) is 13.8 Å². The topological polar surface area (TPSA) is 54.4 Å². The van der Waals surface area contributed by atoms with Crippen molar-refractivity contribution < 1.29 is 14.7 Å². The summed E-state index contributed by atoms with van der Waals surface area (Å²) in [6.45, 7) is 3.00. The molecule has 12 heavy (non-hydrogen) atoms. The Morgan fingerprint density at radius 2 is 2.08 bits per heavy atom. The van der Waals surface area contributed by atoms with E-state index in [-0.39, 0.29) is 16.6 Å². The van der Waals surface area contributed by atoms with Crippen LogP contribution in [0.3, 0.4) is 0 Å². The van der Waals surface area contributed by atoms with E-state index >= 15 is 0 Å². The molecule has 1 atom stereocenters. The summed E-state index contributed by atoms with van der Waals surface area (Å²) in [5.41, 5.74) is -0.903.